The second-order valence-electron chi connectivity index (χ2n) is 7.45. The van der Waals surface area contributed by atoms with Crippen LogP contribution in [0.15, 0.2) is 54.6 Å². The molecule has 130 valence electrons. The Morgan fingerprint density at radius 2 is 1.68 bits per heavy atom. The lowest BCUT2D eigenvalue weighted by atomic mass is 9.94. The highest BCUT2D eigenvalue weighted by molar-refractivity contribution is 5.94. The van der Waals surface area contributed by atoms with Gasteiger partial charge in [-0.05, 0) is 35.2 Å². The van der Waals surface area contributed by atoms with E-state index in [0.717, 1.165) is 30.1 Å². The maximum Gasteiger partial charge on any atom is 0.340 e. The third kappa shape index (κ3) is 2.65. The van der Waals surface area contributed by atoms with Crippen LogP contribution in [0.1, 0.15) is 25.6 Å². The molecule has 2 aliphatic heterocycles. The lowest BCUT2D eigenvalue weighted by Crippen LogP contribution is -2.35. The molecule has 5 heteroatoms. The number of nitrogens with zero attached hydrogens (tertiary/aromatic N) is 3. The van der Waals surface area contributed by atoms with Crippen molar-refractivity contribution in [2.75, 3.05) is 25.1 Å². The molecule has 4 rings (SSSR count). The molecule has 0 aliphatic carbocycles. The highest BCUT2D eigenvalue weighted by Crippen LogP contribution is 2.44. The Hall–Kier alpha value is -2.53. The van der Waals surface area contributed by atoms with E-state index in [9.17, 15) is 4.79 Å². The van der Waals surface area contributed by atoms with Gasteiger partial charge in [-0.3, -0.25) is 9.91 Å². The molecule has 25 heavy (non-hydrogen) atoms. The van der Waals surface area contributed by atoms with Gasteiger partial charge in [0, 0.05) is 18.8 Å². The summed E-state index contributed by atoms with van der Waals surface area (Å²) in [4.78, 5) is 15.1. The Morgan fingerprint density at radius 1 is 1.00 bits per heavy atom. The zero-order valence-electron chi connectivity index (χ0n) is 14.8. The number of rotatable bonds is 3. The molecule has 1 atom stereocenters. The minimum absolute atomic E-state index is 0.0394. The van der Waals surface area contributed by atoms with Crippen molar-refractivity contribution in [2.45, 2.75) is 20.0 Å². The van der Waals surface area contributed by atoms with E-state index in [4.69, 9.17) is 4.74 Å². The molecule has 0 N–H and O–H groups in total. The van der Waals surface area contributed by atoms with E-state index in [-0.39, 0.29) is 17.6 Å². The van der Waals surface area contributed by atoms with Crippen molar-refractivity contribution in [2.24, 2.45) is 5.41 Å². The van der Waals surface area contributed by atoms with Crippen LogP contribution in [0.4, 0.5) is 10.5 Å². The monoisotopic (exact) mass is 337 g/mol. The molecule has 2 heterocycles. The van der Waals surface area contributed by atoms with E-state index in [2.05, 4.69) is 18.9 Å². The first-order valence-electron chi connectivity index (χ1n) is 8.56. The molecule has 2 aromatic carbocycles. The molecule has 2 aliphatic rings. The molecule has 2 amide bonds. The Labute approximate surface area is 148 Å². The maximum atomic E-state index is 13.2. The van der Waals surface area contributed by atoms with Crippen LogP contribution in [0.25, 0.3) is 0 Å². The van der Waals surface area contributed by atoms with Gasteiger partial charge in [0.05, 0.1) is 7.11 Å². The SMILES string of the molecule is COc1ccc([C@H]2N(c3ccccc3)C(=O)N3CC(C)(C)CN23)cc1. The third-order valence-electron chi connectivity index (χ3n) is 4.88. The van der Waals surface area contributed by atoms with Crippen LogP contribution in [0, 0.1) is 5.41 Å². The first kappa shape index (κ1) is 16.0. The number of para-hydroxylation sites is 1. The number of hydrogen-bond acceptors (Lipinski definition) is 3. The number of benzene rings is 2. The van der Waals surface area contributed by atoms with Crippen molar-refractivity contribution in [1.29, 1.82) is 0 Å². The number of amides is 2. The van der Waals surface area contributed by atoms with Crippen molar-refractivity contribution in [1.82, 2.24) is 10.0 Å². The summed E-state index contributed by atoms with van der Waals surface area (Å²) in [5.74, 6) is 0.818. The Balaban J connectivity index is 1.78. The average molecular weight is 337 g/mol. The van der Waals surface area contributed by atoms with Crippen molar-refractivity contribution >= 4 is 11.7 Å². The summed E-state index contributed by atoms with van der Waals surface area (Å²) in [5.41, 5.74) is 2.09. The summed E-state index contributed by atoms with van der Waals surface area (Å²) in [6.45, 7) is 5.99. The molecule has 0 spiro atoms. The van der Waals surface area contributed by atoms with E-state index in [0.29, 0.717) is 0 Å². The number of urea groups is 1. The first-order valence-corrected chi connectivity index (χ1v) is 8.56. The molecular formula is C20H23N3O2. The Morgan fingerprint density at radius 3 is 2.32 bits per heavy atom. The third-order valence-corrected chi connectivity index (χ3v) is 4.88. The van der Waals surface area contributed by atoms with E-state index >= 15 is 0 Å². The van der Waals surface area contributed by atoms with Crippen molar-refractivity contribution < 1.29 is 9.53 Å². The number of anilines is 1. The fourth-order valence-corrected chi connectivity index (χ4v) is 3.77. The Kier molecular flexibility index (Phi) is 3.69. The number of hydrazine groups is 1. The van der Waals surface area contributed by atoms with Crippen LogP contribution in [0.5, 0.6) is 5.75 Å². The molecule has 2 fully saturated rings. The second kappa shape index (κ2) is 5.77. The highest BCUT2D eigenvalue weighted by Gasteiger charge is 2.52. The molecule has 2 aromatic rings. The van der Waals surface area contributed by atoms with E-state index in [1.54, 1.807) is 7.11 Å². The van der Waals surface area contributed by atoms with Crippen LogP contribution in [0.2, 0.25) is 0 Å². The number of methoxy groups -OCH3 is 1. The van der Waals surface area contributed by atoms with E-state index < -0.39 is 0 Å². The summed E-state index contributed by atoms with van der Waals surface area (Å²) in [6, 6.07) is 17.9. The van der Waals surface area contributed by atoms with Gasteiger partial charge in [-0.25, -0.2) is 4.79 Å². The number of carbonyl (C=O) groups excluding carboxylic acids is 1. The summed E-state index contributed by atoms with van der Waals surface area (Å²) < 4.78 is 5.28. The van der Waals surface area contributed by atoms with Gasteiger partial charge < -0.3 is 4.74 Å². The van der Waals surface area contributed by atoms with Crippen LogP contribution < -0.4 is 9.64 Å². The number of carbonyl (C=O) groups is 1. The predicted octanol–water partition coefficient (Wildman–Crippen LogP) is 3.89. The standard InChI is InChI=1S/C20H23N3O2/c1-20(2)13-21-18(15-9-11-17(25-3)12-10-15)23(19(24)22(21)14-20)16-7-5-4-6-8-16/h4-12,18H,13-14H2,1-3H3/t18-/m1/s1. The van der Waals surface area contributed by atoms with Gasteiger partial charge in [0.2, 0.25) is 0 Å². The summed E-state index contributed by atoms with van der Waals surface area (Å²) >= 11 is 0. The summed E-state index contributed by atoms with van der Waals surface area (Å²) in [6.07, 6.45) is -0.136. The van der Waals surface area contributed by atoms with Crippen molar-refractivity contribution in [3.63, 3.8) is 0 Å². The number of ether oxygens (including phenoxy) is 1. The minimum Gasteiger partial charge on any atom is -0.497 e. The van der Waals surface area contributed by atoms with E-state index in [1.807, 2.05) is 64.5 Å². The zero-order chi connectivity index (χ0) is 17.6. The number of fused-ring (bicyclic) bond motifs is 1. The predicted molar refractivity (Wildman–Crippen MR) is 97.2 cm³/mol. The fraction of sp³-hybridized carbons (Fsp3) is 0.350. The fourth-order valence-electron chi connectivity index (χ4n) is 3.77. The quantitative estimate of drug-likeness (QED) is 0.852. The molecule has 0 aromatic heterocycles. The molecule has 5 nitrogen and oxygen atoms in total. The molecular weight excluding hydrogens is 314 g/mol. The molecule has 0 bridgehead atoms. The minimum atomic E-state index is -0.136. The number of hydrogen-bond donors (Lipinski definition) is 0. The van der Waals surface area contributed by atoms with Gasteiger partial charge in [-0.15, -0.1) is 0 Å². The molecule has 0 radical (unpaired) electrons. The first-order chi connectivity index (χ1) is 12.0. The molecule has 0 saturated carbocycles. The molecule has 0 unspecified atom stereocenters. The van der Waals surface area contributed by atoms with E-state index in [1.165, 1.54) is 0 Å². The van der Waals surface area contributed by atoms with Crippen LogP contribution in [-0.2, 0) is 0 Å². The van der Waals surface area contributed by atoms with Crippen LogP contribution in [0.3, 0.4) is 0 Å². The lowest BCUT2D eigenvalue weighted by molar-refractivity contribution is 0.0721. The average Bonchev–Trinajstić information content (AvgIpc) is 3.07. The van der Waals surface area contributed by atoms with Crippen molar-refractivity contribution in [3.8, 4) is 5.75 Å². The summed E-state index contributed by atoms with van der Waals surface area (Å²) in [7, 11) is 1.66. The van der Waals surface area contributed by atoms with Crippen LogP contribution in [-0.4, -0.2) is 36.2 Å². The van der Waals surface area contributed by atoms with Gasteiger partial charge in [-0.2, -0.15) is 5.01 Å². The Bertz CT molecular complexity index is 773. The van der Waals surface area contributed by atoms with Crippen molar-refractivity contribution in [3.05, 3.63) is 60.2 Å². The maximum absolute atomic E-state index is 13.2. The smallest absolute Gasteiger partial charge is 0.340 e. The van der Waals surface area contributed by atoms with Gasteiger partial charge in [-0.1, -0.05) is 44.2 Å². The van der Waals surface area contributed by atoms with Gasteiger partial charge in [0.25, 0.3) is 0 Å². The normalized spacial score (nSPS) is 22.4. The second-order valence-corrected chi connectivity index (χ2v) is 7.45. The molecule has 2 saturated heterocycles. The highest BCUT2D eigenvalue weighted by atomic mass is 16.5. The van der Waals surface area contributed by atoms with Gasteiger partial charge in [0.1, 0.15) is 11.9 Å². The van der Waals surface area contributed by atoms with Crippen LogP contribution >= 0.6 is 0 Å². The van der Waals surface area contributed by atoms with Gasteiger partial charge in [0.15, 0.2) is 0 Å². The zero-order valence-corrected chi connectivity index (χ0v) is 14.8. The largest absolute Gasteiger partial charge is 0.497 e. The van der Waals surface area contributed by atoms with Gasteiger partial charge >= 0.3 is 6.03 Å². The summed E-state index contributed by atoms with van der Waals surface area (Å²) in [5, 5.41) is 4.08. The lowest BCUT2D eigenvalue weighted by Gasteiger charge is -2.29. The topological polar surface area (TPSA) is 36.0 Å².